The molecule has 0 fully saturated rings. The Labute approximate surface area is 129 Å². The predicted octanol–water partition coefficient (Wildman–Crippen LogP) is 3.01. The second-order valence-electron chi connectivity index (χ2n) is 5.28. The average Bonchev–Trinajstić information content (AvgIpc) is 2.80. The Balaban J connectivity index is 1.71. The largest absolute Gasteiger partial charge is 0.510 e. The molecule has 0 spiro atoms. The summed E-state index contributed by atoms with van der Waals surface area (Å²) in [6.45, 7) is 0.760. The number of aliphatic hydroxyl groups excluding tert-OH is 1. The van der Waals surface area contributed by atoms with E-state index in [1.807, 2.05) is 42.5 Å². The molecule has 1 heterocycles. The van der Waals surface area contributed by atoms with Gasteiger partial charge in [0.1, 0.15) is 18.1 Å². The second kappa shape index (κ2) is 5.93. The van der Waals surface area contributed by atoms with Crippen molar-refractivity contribution in [2.75, 3.05) is 13.6 Å². The molecule has 2 aromatic rings. The summed E-state index contributed by atoms with van der Waals surface area (Å²) in [5.41, 5.74) is 2.18. The number of hydrogen-bond donors (Lipinski definition) is 1. The van der Waals surface area contributed by atoms with Gasteiger partial charge in [-0.2, -0.15) is 0 Å². The van der Waals surface area contributed by atoms with Gasteiger partial charge in [0.25, 0.3) is 5.91 Å². The number of carbonyl (C=O) groups is 1. The highest BCUT2D eigenvalue weighted by Crippen LogP contribution is 2.27. The fourth-order valence-corrected chi connectivity index (χ4v) is 2.44. The quantitative estimate of drug-likeness (QED) is 0.943. The predicted molar refractivity (Wildman–Crippen MR) is 84.4 cm³/mol. The van der Waals surface area contributed by atoms with Crippen LogP contribution in [0.15, 0.2) is 60.4 Å². The van der Waals surface area contributed by atoms with E-state index < -0.39 is 0 Å². The van der Waals surface area contributed by atoms with Gasteiger partial charge in [0, 0.05) is 7.05 Å². The van der Waals surface area contributed by atoms with E-state index in [9.17, 15) is 9.90 Å². The Kier molecular flexibility index (Phi) is 3.83. The minimum absolute atomic E-state index is 0.116. The summed E-state index contributed by atoms with van der Waals surface area (Å²) in [6, 6.07) is 17.1. The van der Waals surface area contributed by atoms with E-state index in [0.29, 0.717) is 17.7 Å². The zero-order valence-corrected chi connectivity index (χ0v) is 12.3. The van der Waals surface area contributed by atoms with Gasteiger partial charge in [0.15, 0.2) is 0 Å². The number of amides is 1. The highest BCUT2D eigenvalue weighted by Gasteiger charge is 2.28. The number of ether oxygens (including phenoxy) is 1. The third kappa shape index (κ3) is 2.81. The van der Waals surface area contributed by atoms with E-state index in [1.54, 1.807) is 19.2 Å². The van der Waals surface area contributed by atoms with Crippen LogP contribution < -0.4 is 4.74 Å². The lowest BCUT2D eigenvalue weighted by atomic mass is 10.1. The van der Waals surface area contributed by atoms with Gasteiger partial charge >= 0.3 is 0 Å². The highest BCUT2D eigenvalue weighted by molar-refractivity contribution is 6.22. The lowest BCUT2D eigenvalue weighted by molar-refractivity contribution is -0.122. The van der Waals surface area contributed by atoms with E-state index in [2.05, 4.69) is 0 Å². The number of carbonyl (C=O) groups excluding carboxylic acids is 1. The minimum Gasteiger partial charge on any atom is -0.510 e. The molecule has 2 aromatic carbocycles. The lowest BCUT2D eigenvalue weighted by Gasteiger charge is -2.09. The minimum atomic E-state index is -0.157. The fourth-order valence-electron chi connectivity index (χ4n) is 2.44. The zero-order valence-electron chi connectivity index (χ0n) is 12.3. The van der Waals surface area contributed by atoms with Crippen molar-refractivity contribution in [1.82, 2.24) is 4.90 Å². The molecule has 1 amide bonds. The molecule has 0 radical (unpaired) electrons. The van der Waals surface area contributed by atoms with E-state index in [4.69, 9.17) is 4.74 Å². The maximum atomic E-state index is 12.0. The lowest BCUT2D eigenvalue weighted by Crippen LogP contribution is -2.21. The van der Waals surface area contributed by atoms with Crippen LogP contribution in [0.1, 0.15) is 11.1 Å². The summed E-state index contributed by atoms with van der Waals surface area (Å²) >= 11 is 0. The monoisotopic (exact) mass is 295 g/mol. The van der Waals surface area contributed by atoms with Gasteiger partial charge in [0.05, 0.1) is 12.1 Å². The third-order valence-corrected chi connectivity index (χ3v) is 3.63. The number of likely N-dealkylation sites (N-methyl/N-ethyl adjacent to an activating group) is 1. The van der Waals surface area contributed by atoms with Crippen molar-refractivity contribution < 1.29 is 14.6 Å². The van der Waals surface area contributed by atoms with Crippen molar-refractivity contribution in [3.63, 3.8) is 0 Å². The average molecular weight is 295 g/mol. The van der Waals surface area contributed by atoms with E-state index in [0.717, 1.165) is 11.3 Å². The normalized spacial score (nSPS) is 14.6. The Bertz CT molecular complexity index is 705. The van der Waals surface area contributed by atoms with Crippen LogP contribution in [-0.4, -0.2) is 29.5 Å². The first-order valence-electron chi connectivity index (χ1n) is 7.10. The third-order valence-electron chi connectivity index (χ3n) is 3.63. The van der Waals surface area contributed by atoms with Gasteiger partial charge in [-0.1, -0.05) is 42.5 Å². The molecule has 112 valence electrons. The molecule has 22 heavy (non-hydrogen) atoms. The molecule has 3 rings (SSSR count). The molecular weight excluding hydrogens is 278 g/mol. The van der Waals surface area contributed by atoms with Gasteiger partial charge < -0.3 is 14.7 Å². The Morgan fingerprint density at radius 1 is 1.09 bits per heavy atom. The summed E-state index contributed by atoms with van der Waals surface area (Å²) < 4.78 is 5.71. The maximum Gasteiger partial charge on any atom is 0.258 e. The number of hydrogen-bond acceptors (Lipinski definition) is 3. The zero-order chi connectivity index (χ0) is 15.5. The molecule has 0 saturated carbocycles. The molecule has 0 bridgehead atoms. The van der Waals surface area contributed by atoms with Crippen molar-refractivity contribution in [3.05, 3.63) is 71.5 Å². The Morgan fingerprint density at radius 2 is 1.77 bits per heavy atom. The van der Waals surface area contributed by atoms with Gasteiger partial charge in [-0.25, -0.2) is 0 Å². The summed E-state index contributed by atoms with van der Waals surface area (Å²) in [7, 11) is 1.67. The molecule has 1 aliphatic rings. The first-order valence-corrected chi connectivity index (χ1v) is 7.10. The summed E-state index contributed by atoms with van der Waals surface area (Å²) in [5, 5.41) is 9.89. The molecule has 4 heteroatoms. The van der Waals surface area contributed by atoms with E-state index in [-0.39, 0.29) is 18.2 Å². The molecule has 1 aliphatic heterocycles. The second-order valence-corrected chi connectivity index (χ2v) is 5.28. The molecule has 1 N–H and O–H groups in total. The van der Waals surface area contributed by atoms with Crippen molar-refractivity contribution in [3.8, 4) is 5.75 Å². The number of benzene rings is 2. The number of nitrogens with zero attached hydrogens (tertiary/aromatic N) is 1. The van der Waals surface area contributed by atoms with Gasteiger partial charge in [-0.3, -0.25) is 4.79 Å². The summed E-state index contributed by atoms with van der Waals surface area (Å²) in [5.74, 6) is 0.687. The fraction of sp³-hybridized carbons (Fsp3) is 0.167. The molecule has 4 nitrogen and oxygen atoms in total. The van der Waals surface area contributed by atoms with Crippen LogP contribution in [0.3, 0.4) is 0 Å². The molecule has 0 saturated heterocycles. The van der Waals surface area contributed by atoms with Crippen molar-refractivity contribution >= 4 is 11.5 Å². The van der Waals surface area contributed by atoms with E-state index in [1.165, 1.54) is 4.90 Å². The molecule has 0 aliphatic carbocycles. The molecular formula is C18H17NO3. The topological polar surface area (TPSA) is 49.8 Å². The van der Waals surface area contributed by atoms with Crippen LogP contribution in [0.2, 0.25) is 0 Å². The van der Waals surface area contributed by atoms with Gasteiger partial charge in [-0.15, -0.1) is 0 Å². The van der Waals surface area contributed by atoms with Crippen molar-refractivity contribution in [2.45, 2.75) is 6.61 Å². The molecule has 0 aromatic heterocycles. The summed E-state index contributed by atoms with van der Waals surface area (Å²) in [6.07, 6.45) is 0. The first-order chi connectivity index (χ1) is 10.6. The van der Waals surface area contributed by atoms with Crippen LogP contribution >= 0.6 is 0 Å². The van der Waals surface area contributed by atoms with Crippen LogP contribution in [-0.2, 0) is 11.4 Å². The SMILES string of the molecule is CN1CC(O)=C(c2ccc(OCc3ccccc3)cc2)C1=O. The highest BCUT2D eigenvalue weighted by atomic mass is 16.5. The maximum absolute atomic E-state index is 12.0. The molecule has 0 unspecified atom stereocenters. The standard InChI is InChI=1S/C18H17NO3/c1-19-11-16(20)17(18(19)21)14-7-9-15(10-8-14)22-12-13-5-3-2-4-6-13/h2-10,20H,11-12H2,1H3. The molecule has 0 atom stereocenters. The van der Waals surface area contributed by atoms with Crippen LogP contribution in [0.4, 0.5) is 0 Å². The Hall–Kier alpha value is -2.75. The Morgan fingerprint density at radius 3 is 2.36 bits per heavy atom. The summed E-state index contributed by atoms with van der Waals surface area (Å²) in [4.78, 5) is 13.5. The number of aliphatic hydroxyl groups is 1. The number of rotatable bonds is 4. The van der Waals surface area contributed by atoms with Crippen LogP contribution in [0.5, 0.6) is 5.75 Å². The van der Waals surface area contributed by atoms with Gasteiger partial charge in [0.2, 0.25) is 0 Å². The van der Waals surface area contributed by atoms with Gasteiger partial charge in [-0.05, 0) is 23.3 Å². The first kappa shape index (κ1) is 14.2. The van der Waals surface area contributed by atoms with Crippen molar-refractivity contribution in [2.24, 2.45) is 0 Å². The van der Waals surface area contributed by atoms with Crippen LogP contribution in [0, 0.1) is 0 Å². The van der Waals surface area contributed by atoms with E-state index >= 15 is 0 Å². The smallest absolute Gasteiger partial charge is 0.258 e. The van der Waals surface area contributed by atoms with Crippen LogP contribution in [0.25, 0.3) is 5.57 Å². The van der Waals surface area contributed by atoms with Crippen molar-refractivity contribution in [1.29, 1.82) is 0 Å².